The minimum atomic E-state index is -3.33. The summed E-state index contributed by atoms with van der Waals surface area (Å²) in [6.45, 7) is 0.705. The number of hydrogen-bond acceptors (Lipinski definition) is 5. The number of alkyl halides is 2. The fourth-order valence-corrected chi connectivity index (χ4v) is 2.54. The maximum atomic E-state index is 13.9. The van der Waals surface area contributed by atoms with Crippen molar-refractivity contribution in [2.75, 3.05) is 20.1 Å². The Balaban J connectivity index is 2.18. The molecule has 2 heterocycles. The fourth-order valence-electron chi connectivity index (χ4n) is 2.04. The van der Waals surface area contributed by atoms with Gasteiger partial charge in [0.05, 0.1) is 18.1 Å². The summed E-state index contributed by atoms with van der Waals surface area (Å²) in [7, 11) is 1.65. The van der Waals surface area contributed by atoms with Crippen LogP contribution in [0.5, 0.6) is 5.88 Å². The summed E-state index contributed by atoms with van der Waals surface area (Å²) in [4.78, 5) is 1.52. The molecule has 118 valence electrons. The molecule has 1 aromatic heterocycles. The van der Waals surface area contributed by atoms with Crippen LogP contribution in [0.1, 0.15) is 47.5 Å². The average Bonchev–Trinajstić information content (AvgIpc) is 2.89. The first-order chi connectivity index (χ1) is 10.8. The largest absolute Gasteiger partial charge is 0.411 e. The van der Waals surface area contributed by atoms with E-state index in [-0.39, 0.29) is 23.6 Å². The first kappa shape index (κ1) is 13.6. The smallest absolute Gasteiger partial charge is 0.399 e. The van der Waals surface area contributed by atoms with Crippen LogP contribution in [0.3, 0.4) is 0 Å². The van der Waals surface area contributed by atoms with Crippen molar-refractivity contribution in [1.29, 1.82) is 0 Å². The standard InChI is InChI=1S/C14H21F2N3OS/c1-3-4-5-8-14(15,16)20-13-12(17-21-18-13)11-7-6-9-19(2)10-11/h7H,3-6,8-10H2,1-2H3/i10D2. The first-order valence-electron chi connectivity index (χ1n) is 8.09. The molecule has 0 bridgehead atoms. The Morgan fingerprint density at radius 1 is 1.48 bits per heavy atom. The summed E-state index contributed by atoms with van der Waals surface area (Å²) in [5.74, 6) is -0.290. The van der Waals surface area contributed by atoms with Crippen LogP contribution in [0.4, 0.5) is 8.78 Å². The minimum absolute atomic E-state index is 0.0710. The highest BCUT2D eigenvalue weighted by atomic mass is 32.1. The van der Waals surface area contributed by atoms with Crippen molar-refractivity contribution in [3.05, 3.63) is 11.8 Å². The highest BCUT2D eigenvalue weighted by Gasteiger charge is 2.33. The van der Waals surface area contributed by atoms with Crippen LogP contribution < -0.4 is 4.74 Å². The Morgan fingerprint density at radius 3 is 3.05 bits per heavy atom. The number of aromatic nitrogens is 2. The van der Waals surface area contributed by atoms with Crippen LogP contribution in [0, 0.1) is 0 Å². The summed E-state index contributed by atoms with van der Waals surface area (Å²) < 4.78 is 56.7. The molecule has 21 heavy (non-hydrogen) atoms. The Kier molecular flexibility index (Phi) is 4.70. The van der Waals surface area contributed by atoms with Crippen molar-refractivity contribution in [2.45, 2.75) is 45.1 Å². The third-order valence-electron chi connectivity index (χ3n) is 3.16. The number of halogens is 2. The van der Waals surface area contributed by atoms with E-state index in [9.17, 15) is 8.78 Å². The van der Waals surface area contributed by atoms with Crippen LogP contribution in [0.2, 0.25) is 0 Å². The number of nitrogens with zero attached hydrogens (tertiary/aromatic N) is 3. The maximum absolute atomic E-state index is 13.9. The van der Waals surface area contributed by atoms with Gasteiger partial charge in [0.15, 0.2) is 0 Å². The lowest BCUT2D eigenvalue weighted by molar-refractivity contribution is -0.183. The van der Waals surface area contributed by atoms with E-state index < -0.39 is 12.6 Å². The van der Waals surface area contributed by atoms with Gasteiger partial charge in [0, 0.05) is 15.8 Å². The van der Waals surface area contributed by atoms with Gasteiger partial charge in [0.2, 0.25) is 0 Å². The number of ether oxygens (including phenoxy) is 1. The molecule has 0 N–H and O–H groups in total. The van der Waals surface area contributed by atoms with Gasteiger partial charge in [-0.15, -0.1) is 4.37 Å². The predicted octanol–water partition coefficient (Wildman–Crippen LogP) is 3.81. The van der Waals surface area contributed by atoms with Crippen molar-refractivity contribution in [2.24, 2.45) is 0 Å². The molecule has 0 aliphatic carbocycles. The van der Waals surface area contributed by atoms with Gasteiger partial charge in [0.1, 0.15) is 5.69 Å². The molecule has 0 saturated heterocycles. The third kappa shape index (κ3) is 4.71. The lowest BCUT2D eigenvalue weighted by Crippen LogP contribution is -2.27. The van der Waals surface area contributed by atoms with Crippen molar-refractivity contribution < 1.29 is 16.3 Å². The molecule has 0 aromatic carbocycles. The lowest BCUT2D eigenvalue weighted by Gasteiger charge is -2.23. The van der Waals surface area contributed by atoms with Crippen molar-refractivity contribution in [3.8, 4) is 5.88 Å². The Hall–Kier alpha value is -1.08. The van der Waals surface area contributed by atoms with Crippen LogP contribution >= 0.6 is 11.7 Å². The quantitative estimate of drug-likeness (QED) is 0.716. The first-order valence-corrected chi connectivity index (χ1v) is 7.82. The average molecular weight is 319 g/mol. The van der Waals surface area contributed by atoms with Crippen LogP contribution in [0.15, 0.2) is 6.08 Å². The van der Waals surface area contributed by atoms with Gasteiger partial charge in [-0.25, -0.2) is 0 Å². The maximum Gasteiger partial charge on any atom is 0.399 e. The van der Waals surface area contributed by atoms with Crippen molar-refractivity contribution in [3.63, 3.8) is 0 Å². The molecule has 0 radical (unpaired) electrons. The van der Waals surface area contributed by atoms with Gasteiger partial charge in [-0.1, -0.05) is 25.8 Å². The molecule has 0 atom stereocenters. The molecule has 2 rings (SSSR count). The van der Waals surface area contributed by atoms with Crippen LogP contribution in [0.25, 0.3) is 5.57 Å². The molecule has 1 aliphatic heterocycles. The fraction of sp³-hybridized carbons (Fsp3) is 0.714. The SMILES string of the molecule is [2H]C1([2H])C(c2nsnc2OC(F)(F)CCCCC)=CCCN1C. The third-order valence-corrected chi connectivity index (χ3v) is 3.67. The summed E-state index contributed by atoms with van der Waals surface area (Å²) in [6.07, 6.45) is 0.506. The Morgan fingerprint density at radius 2 is 2.29 bits per heavy atom. The Labute approximate surface area is 130 Å². The summed E-state index contributed by atoms with van der Waals surface area (Å²) >= 11 is 0.747. The van der Waals surface area contributed by atoms with Crippen molar-refractivity contribution >= 4 is 17.3 Å². The zero-order chi connectivity index (χ0) is 17.1. The number of unbranched alkanes of at least 4 members (excludes halogenated alkanes) is 2. The second-order valence-corrected chi connectivity index (χ2v) is 5.58. The molecule has 7 heteroatoms. The summed E-state index contributed by atoms with van der Waals surface area (Å²) in [6, 6.07) is 0. The molecule has 4 nitrogen and oxygen atoms in total. The second-order valence-electron chi connectivity index (χ2n) is 5.05. The lowest BCUT2D eigenvalue weighted by atomic mass is 10.1. The van der Waals surface area contributed by atoms with E-state index in [0.717, 1.165) is 18.1 Å². The number of likely N-dealkylation sites (N-methyl/N-ethyl adjacent to an activating group) is 1. The van der Waals surface area contributed by atoms with E-state index in [1.165, 1.54) is 4.90 Å². The highest BCUT2D eigenvalue weighted by molar-refractivity contribution is 6.99. The van der Waals surface area contributed by atoms with Crippen molar-refractivity contribution in [1.82, 2.24) is 13.6 Å². The zero-order valence-corrected chi connectivity index (χ0v) is 13.1. The van der Waals surface area contributed by atoms with E-state index in [0.29, 0.717) is 25.8 Å². The molecule has 0 saturated carbocycles. The topological polar surface area (TPSA) is 38.3 Å². The molecule has 0 fully saturated rings. The van der Waals surface area contributed by atoms with E-state index in [1.807, 2.05) is 6.92 Å². The molecule has 0 unspecified atom stereocenters. The second kappa shape index (κ2) is 7.26. The van der Waals surface area contributed by atoms with Gasteiger partial charge in [0.25, 0.3) is 5.88 Å². The van der Waals surface area contributed by atoms with E-state index in [1.54, 1.807) is 13.1 Å². The molecule has 1 aliphatic rings. The van der Waals surface area contributed by atoms with Crippen LogP contribution in [-0.4, -0.2) is 39.8 Å². The Bertz CT molecular complexity index is 566. The molecule has 1 aromatic rings. The van der Waals surface area contributed by atoms with Gasteiger partial charge >= 0.3 is 6.11 Å². The molecular formula is C14H21F2N3OS. The molecular weight excluding hydrogens is 296 g/mol. The van der Waals surface area contributed by atoms with Gasteiger partial charge in [-0.2, -0.15) is 13.2 Å². The van der Waals surface area contributed by atoms with Gasteiger partial charge in [-0.3, -0.25) is 0 Å². The minimum Gasteiger partial charge on any atom is -0.411 e. The monoisotopic (exact) mass is 319 g/mol. The molecule has 0 amide bonds. The summed E-state index contributed by atoms with van der Waals surface area (Å²) in [5.41, 5.74) is 0.307. The normalized spacial score (nSPS) is 20.7. The number of hydrogen-bond donors (Lipinski definition) is 0. The zero-order valence-electron chi connectivity index (χ0n) is 14.2. The van der Waals surface area contributed by atoms with Gasteiger partial charge in [-0.05, 0) is 25.5 Å². The van der Waals surface area contributed by atoms with E-state index in [2.05, 4.69) is 8.75 Å². The van der Waals surface area contributed by atoms with Gasteiger partial charge < -0.3 is 9.64 Å². The van der Waals surface area contributed by atoms with E-state index in [4.69, 9.17) is 7.48 Å². The highest BCUT2D eigenvalue weighted by Crippen LogP contribution is 2.32. The van der Waals surface area contributed by atoms with E-state index >= 15 is 0 Å². The number of rotatable bonds is 7. The summed E-state index contributed by atoms with van der Waals surface area (Å²) in [5, 5.41) is 0. The predicted molar refractivity (Wildman–Crippen MR) is 79.7 cm³/mol. The van der Waals surface area contributed by atoms with Crippen LogP contribution in [-0.2, 0) is 0 Å². The molecule has 0 spiro atoms.